The fourth-order valence-corrected chi connectivity index (χ4v) is 6.08. The minimum Gasteiger partial charge on any atom is -0.494 e. The van der Waals surface area contributed by atoms with Gasteiger partial charge in [-0.25, -0.2) is 13.4 Å². The zero-order valence-corrected chi connectivity index (χ0v) is 26.0. The van der Waals surface area contributed by atoms with Crippen molar-refractivity contribution < 1.29 is 13.2 Å². The number of anilines is 6. The van der Waals surface area contributed by atoms with E-state index in [1.165, 1.54) is 30.5 Å². The molecule has 0 aliphatic carbocycles. The van der Waals surface area contributed by atoms with Crippen molar-refractivity contribution in [3.8, 4) is 5.75 Å². The second-order valence-electron chi connectivity index (χ2n) is 11.2. The standard InChI is InChI=1S/C30H42N8O3S/c1-22-21-31-30(34-29(22)32-25-8-6-7-9-27(25)36(3)42(5,39)40)33-26-11-10-24(20-28(26)41-4)37-14-12-23(13-15-37)38-18-16-35(2)17-19-38/h6-11,20-21,23H,12-19H2,1-5H3,(H2,31,32,33,34). The highest BCUT2D eigenvalue weighted by Crippen LogP contribution is 2.34. The van der Waals surface area contributed by atoms with Gasteiger partial charge >= 0.3 is 0 Å². The number of para-hydroxylation sites is 2. The number of aromatic nitrogens is 2. The number of rotatable bonds is 9. The third kappa shape index (κ3) is 6.88. The summed E-state index contributed by atoms with van der Waals surface area (Å²) in [5.74, 6) is 1.68. The molecule has 2 N–H and O–H groups in total. The number of ether oxygens (including phenoxy) is 1. The third-order valence-corrected chi connectivity index (χ3v) is 9.47. The average molecular weight is 595 g/mol. The van der Waals surface area contributed by atoms with Crippen LogP contribution in [0.4, 0.5) is 34.5 Å². The molecule has 42 heavy (non-hydrogen) atoms. The first-order chi connectivity index (χ1) is 20.1. The highest BCUT2D eigenvalue weighted by atomic mass is 32.2. The summed E-state index contributed by atoms with van der Waals surface area (Å²) < 4.78 is 31.4. The normalized spacial score (nSPS) is 17.2. The molecule has 0 unspecified atom stereocenters. The zero-order valence-electron chi connectivity index (χ0n) is 25.2. The van der Waals surface area contributed by atoms with Crippen molar-refractivity contribution >= 4 is 44.5 Å². The average Bonchev–Trinajstić information content (AvgIpc) is 2.99. The van der Waals surface area contributed by atoms with Crippen molar-refractivity contribution in [2.75, 3.05) is 86.6 Å². The maximum atomic E-state index is 12.2. The molecular weight excluding hydrogens is 552 g/mol. The molecule has 2 aromatic carbocycles. The molecule has 0 spiro atoms. The van der Waals surface area contributed by atoms with Crippen LogP contribution < -0.4 is 24.6 Å². The van der Waals surface area contributed by atoms with Gasteiger partial charge in [0.25, 0.3) is 0 Å². The molecule has 3 aromatic rings. The lowest BCUT2D eigenvalue weighted by atomic mass is 10.0. The van der Waals surface area contributed by atoms with E-state index in [0.29, 0.717) is 34.9 Å². The molecule has 0 bridgehead atoms. The molecule has 0 radical (unpaired) electrons. The van der Waals surface area contributed by atoms with E-state index in [2.05, 4.69) is 49.5 Å². The lowest BCUT2D eigenvalue weighted by molar-refractivity contribution is 0.0982. The molecule has 3 heterocycles. The Morgan fingerprint density at radius 1 is 0.976 bits per heavy atom. The minimum atomic E-state index is -3.43. The summed E-state index contributed by atoms with van der Waals surface area (Å²) in [7, 11) is 1.97. The van der Waals surface area contributed by atoms with Gasteiger partial charge in [-0.2, -0.15) is 4.98 Å². The number of methoxy groups -OCH3 is 1. The summed E-state index contributed by atoms with van der Waals surface area (Å²) in [4.78, 5) is 16.7. The van der Waals surface area contributed by atoms with Crippen LogP contribution in [-0.4, -0.2) is 101 Å². The summed E-state index contributed by atoms with van der Waals surface area (Å²) in [6.45, 7) is 8.59. The predicted molar refractivity (Wildman–Crippen MR) is 170 cm³/mol. The van der Waals surface area contributed by atoms with Gasteiger partial charge in [0.1, 0.15) is 11.6 Å². The highest BCUT2D eigenvalue weighted by molar-refractivity contribution is 7.92. The number of piperazine rings is 1. The van der Waals surface area contributed by atoms with Crippen LogP contribution in [0.1, 0.15) is 18.4 Å². The van der Waals surface area contributed by atoms with Gasteiger partial charge in [0, 0.05) is 75.9 Å². The quantitative estimate of drug-likeness (QED) is 0.379. The topological polar surface area (TPSA) is 106 Å². The highest BCUT2D eigenvalue weighted by Gasteiger charge is 2.27. The zero-order chi connectivity index (χ0) is 29.9. The van der Waals surface area contributed by atoms with Crippen LogP contribution in [-0.2, 0) is 10.0 Å². The molecule has 1 aromatic heterocycles. The van der Waals surface area contributed by atoms with Crippen LogP contribution in [0.15, 0.2) is 48.7 Å². The lowest BCUT2D eigenvalue weighted by Crippen LogP contribution is -2.52. The molecule has 5 rings (SSSR count). The van der Waals surface area contributed by atoms with E-state index < -0.39 is 10.0 Å². The summed E-state index contributed by atoms with van der Waals surface area (Å²) in [5, 5.41) is 6.59. The van der Waals surface area contributed by atoms with Crippen LogP contribution in [0, 0.1) is 6.92 Å². The summed E-state index contributed by atoms with van der Waals surface area (Å²) in [6.07, 6.45) is 5.24. The second-order valence-corrected chi connectivity index (χ2v) is 13.2. The van der Waals surface area contributed by atoms with Crippen molar-refractivity contribution in [1.29, 1.82) is 0 Å². The Bertz CT molecular complexity index is 1490. The van der Waals surface area contributed by atoms with Crippen molar-refractivity contribution in [2.45, 2.75) is 25.8 Å². The Hall–Kier alpha value is -3.61. The molecule has 0 amide bonds. The number of likely N-dealkylation sites (N-methyl/N-ethyl adjacent to an activating group) is 1. The molecule has 226 valence electrons. The number of hydrogen-bond acceptors (Lipinski definition) is 10. The monoisotopic (exact) mass is 594 g/mol. The molecule has 11 nitrogen and oxygen atoms in total. The van der Waals surface area contributed by atoms with E-state index in [-0.39, 0.29) is 0 Å². The van der Waals surface area contributed by atoms with Gasteiger partial charge in [0.15, 0.2) is 0 Å². The Labute approximate surface area is 249 Å². The molecule has 12 heteroatoms. The first-order valence-electron chi connectivity index (χ1n) is 14.4. The van der Waals surface area contributed by atoms with Gasteiger partial charge in [0.2, 0.25) is 16.0 Å². The number of aryl methyl sites for hydroxylation is 1. The molecular formula is C30H42N8O3S. The Morgan fingerprint density at radius 2 is 1.69 bits per heavy atom. The van der Waals surface area contributed by atoms with E-state index in [0.717, 1.165) is 56.2 Å². The van der Waals surface area contributed by atoms with Gasteiger partial charge in [-0.1, -0.05) is 12.1 Å². The van der Waals surface area contributed by atoms with Crippen LogP contribution in [0.3, 0.4) is 0 Å². The summed E-state index contributed by atoms with van der Waals surface area (Å²) in [5.41, 5.74) is 3.88. The van der Waals surface area contributed by atoms with Gasteiger partial charge in [-0.15, -0.1) is 0 Å². The maximum Gasteiger partial charge on any atom is 0.232 e. The van der Waals surface area contributed by atoms with Crippen molar-refractivity contribution in [3.05, 3.63) is 54.2 Å². The van der Waals surface area contributed by atoms with Gasteiger partial charge in [-0.3, -0.25) is 9.21 Å². The van der Waals surface area contributed by atoms with E-state index in [1.54, 1.807) is 25.4 Å². The van der Waals surface area contributed by atoms with Crippen molar-refractivity contribution in [2.24, 2.45) is 0 Å². The fourth-order valence-electron chi connectivity index (χ4n) is 5.57. The van der Waals surface area contributed by atoms with Crippen LogP contribution in [0.5, 0.6) is 5.75 Å². The van der Waals surface area contributed by atoms with E-state index in [9.17, 15) is 8.42 Å². The SMILES string of the molecule is COc1cc(N2CCC(N3CCN(C)CC3)CC2)ccc1Nc1ncc(C)c(Nc2ccccc2N(C)S(C)(=O)=O)n1. The summed E-state index contributed by atoms with van der Waals surface area (Å²) in [6, 6.07) is 14.1. The molecule has 2 aliphatic rings. The van der Waals surface area contributed by atoms with Gasteiger partial charge < -0.3 is 25.2 Å². The van der Waals surface area contributed by atoms with Crippen LogP contribution >= 0.6 is 0 Å². The number of nitrogens with one attached hydrogen (secondary N) is 2. The lowest BCUT2D eigenvalue weighted by Gasteiger charge is -2.42. The summed E-state index contributed by atoms with van der Waals surface area (Å²) >= 11 is 0. The Kier molecular flexibility index (Phi) is 9.05. The fraction of sp³-hybridized carbons (Fsp3) is 0.467. The minimum absolute atomic E-state index is 0.399. The number of sulfonamides is 1. The Balaban J connectivity index is 1.28. The number of hydrogen-bond donors (Lipinski definition) is 2. The van der Waals surface area contributed by atoms with Crippen molar-refractivity contribution in [1.82, 2.24) is 19.8 Å². The van der Waals surface area contributed by atoms with Gasteiger partial charge in [0.05, 0.1) is 30.4 Å². The molecule has 2 aliphatic heterocycles. The second kappa shape index (κ2) is 12.7. The Morgan fingerprint density at radius 3 is 2.38 bits per heavy atom. The number of benzene rings is 2. The van der Waals surface area contributed by atoms with Crippen LogP contribution in [0.25, 0.3) is 0 Å². The molecule has 2 fully saturated rings. The van der Waals surface area contributed by atoms with E-state index >= 15 is 0 Å². The van der Waals surface area contributed by atoms with E-state index in [1.807, 2.05) is 25.1 Å². The van der Waals surface area contributed by atoms with E-state index in [4.69, 9.17) is 9.72 Å². The molecule has 0 atom stereocenters. The largest absolute Gasteiger partial charge is 0.494 e. The molecule has 0 saturated carbocycles. The first kappa shape index (κ1) is 29.9. The first-order valence-corrected chi connectivity index (χ1v) is 16.2. The van der Waals surface area contributed by atoms with Gasteiger partial charge in [-0.05, 0) is 51.1 Å². The molecule has 2 saturated heterocycles. The smallest absolute Gasteiger partial charge is 0.232 e. The van der Waals surface area contributed by atoms with Crippen molar-refractivity contribution in [3.63, 3.8) is 0 Å². The number of nitrogens with zero attached hydrogens (tertiary/aromatic N) is 6. The number of piperidine rings is 1. The predicted octanol–water partition coefficient (Wildman–Crippen LogP) is 3.89. The maximum absolute atomic E-state index is 12.2. The van der Waals surface area contributed by atoms with Crippen LogP contribution in [0.2, 0.25) is 0 Å². The third-order valence-electron chi connectivity index (χ3n) is 8.28.